The fraction of sp³-hybridized carbons (Fsp3) is 0. The van der Waals surface area contributed by atoms with Crippen LogP contribution in [0.5, 0.6) is 11.5 Å². The number of nitriles is 1. The summed E-state index contributed by atoms with van der Waals surface area (Å²) < 4.78 is 20.1. The van der Waals surface area contributed by atoms with Crippen LogP contribution in [-0.2, 0) is 0 Å². The maximum Gasteiger partial charge on any atom is 0.145 e. The monoisotopic (exact) mass is 403 g/mol. The molecule has 0 saturated carbocycles. The SMILES string of the molecule is N#Cc1ccc(Oc2cc(F)c(Cl)cc2Br)c(Br)c1. The summed E-state index contributed by atoms with van der Waals surface area (Å²) in [5.41, 5.74) is 0.501. The minimum Gasteiger partial charge on any atom is -0.455 e. The van der Waals surface area contributed by atoms with Gasteiger partial charge in [0.1, 0.15) is 17.3 Å². The minimum absolute atomic E-state index is 0.0121. The van der Waals surface area contributed by atoms with E-state index in [4.69, 9.17) is 21.6 Å². The standard InChI is InChI=1S/C13H5Br2ClFNO/c14-8-3-7(6-18)1-2-12(8)19-13-5-11(17)10(16)4-9(13)15/h1-5H. The van der Waals surface area contributed by atoms with E-state index in [1.165, 1.54) is 12.1 Å². The molecule has 0 fully saturated rings. The highest BCUT2D eigenvalue weighted by Crippen LogP contribution is 2.36. The summed E-state index contributed by atoms with van der Waals surface area (Å²) >= 11 is 12.2. The molecular formula is C13H5Br2ClFNO. The molecular weight excluding hydrogens is 400 g/mol. The van der Waals surface area contributed by atoms with Crippen molar-refractivity contribution in [2.24, 2.45) is 0 Å². The average molecular weight is 405 g/mol. The summed E-state index contributed by atoms with van der Waals surface area (Å²) in [6.07, 6.45) is 0. The Morgan fingerprint density at radius 1 is 1.11 bits per heavy atom. The van der Waals surface area contributed by atoms with E-state index in [2.05, 4.69) is 31.9 Å². The third kappa shape index (κ3) is 3.27. The van der Waals surface area contributed by atoms with E-state index in [-0.39, 0.29) is 5.02 Å². The van der Waals surface area contributed by atoms with Gasteiger partial charge in [-0.3, -0.25) is 0 Å². The van der Waals surface area contributed by atoms with Gasteiger partial charge in [0.2, 0.25) is 0 Å². The molecule has 2 aromatic carbocycles. The Balaban J connectivity index is 2.37. The number of hydrogen-bond acceptors (Lipinski definition) is 2. The molecule has 19 heavy (non-hydrogen) atoms. The molecule has 0 radical (unpaired) electrons. The molecule has 0 aromatic heterocycles. The van der Waals surface area contributed by atoms with E-state index in [0.717, 1.165) is 0 Å². The number of hydrogen-bond donors (Lipinski definition) is 0. The Morgan fingerprint density at radius 3 is 2.42 bits per heavy atom. The van der Waals surface area contributed by atoms with E-state index < -0.39 is 5.82 Å². The van der Waals surface area contributed by atoms with Crippen molar-refractivity contribution in [3.8, 4) is 17.6 Å². The summed E-state index contributed by atoms with van der Waals surface area (Å²) in [4.78, 5) is 0. The number of rotatable bonds is 2. The third-order valence-corrected chi connectivity index (χ3v) is 3.78. The van der Waals surface area contributed by atoms with Gasteiger partial charge in [-0.05, 0) is 56.1 Å². The van der Waals surface area contributed by atoms with Crippen LogP contribution in [0.1, 0.15) is 5.56 Å². The van der Waals surface area contributed by atoms with Gasteiger partial charge in [-0.2, -0.15) is 5.26 Å². The van der Waals surface area contributed by atoms with Crippen molar-refractivity contribution in [2.75, 3.05) is 0 Å². The molecule has 0 N–H and O–H groups in total. The molecule has 2 rings (SSSR count). The Morgan fingerprint density at radius 2 is 1.79 bits per heavy atom. The maximum atomic E-state index is 13.4. The van der Waals surface area contributed by atoms with Crippen molar-refractivity contribution in [3.05, 3.63) is 55.7 Å². The highest BCUT2D eigenvalue weighted by molar-refractivity contribution is 9.11. The number of nitrogens with zero attached hydrogens (tertiary/aromatic N) is 1. The van der Waals surface area contributed by atoms with Gasteiger partial charge in [-0.1, -0.05) is 11.6 Å². The van der Waals surface area contributed by atoms with Crippen molar-refractivity contribution in [2.45, 2.75) is 0 Å². The Hall–Kier alpha value is -1.09. The summed E-state index contributed by atoms with van der Waals surface area (Å²) in [7, 11) is 0. The molecule has 0 aliphatic carbocycles. The molecule has 0 amide bonds. The lowest BCUT2D eigenvalue weighted by Gasteiger charge is -2.10. The molecule has 2 aromatic rings. The van der Waals surface area contributed by atoms with Crippen LogP contribution in [0.2, 0.25) is 5.02 Å². The van der Waals surface area contributed by atoms with Gasteiger partial charge in [0.05, 0.1) is 25.6 Å². The van der Waals surface area contributed by atoms with Crippen LogP contribution >= 0.6 is 43.5 Å². The molecule has 0 atom stereocenters. The number of benzene rings is 2. The van der Waals surface area contributed by atoms with Gasteiger partial charge >= 0.3 is 0 Å². The lowest BCUT2D eigenvalue weighted by molar-refractivity contribution is 0.471. The summed E-state index contributed by atoms with van der Waals surface area (Å²) in [6.45, 7) is 0. The molecule has 0 unspecified atom stereocenters. The highest BCUT2D eigenvalue weighted by atomic mass is 79.9. The van der Waals surface area contributed by atoms with Gasteiger partial charge in [0.15, 0.2) is 0 Å². The molecule has 0 heterocycles. The van der Waals surface area contributed by atoms with Crippen LogP contribution in [0.25, 0.3) is 0 Å². The molecule has 0 aliphatic rings. The van der Waals surface area contributed by atoms with Crippen LogP contribution in [0.3, 0.4) is 0 Å². The normalized spacial score (nSPS) is 10.1. The van der Waals surface area contributed by atoms with Gasteiger partial charge in [0.25, 0.3) is 0 Å². The predicted octanol–water partition coefficient (Wildman–Crippen LogP) is 5.67. The van der Waals surface area contributed by atoms with Crippen LogP contribution in [0.4, 0.5) is 4.39 Å². The van der Waals surface area contributed by atoms with Crippen LogP contribution < -0.4 is 4.74 Å². The fourth-order valence-corrected chi connectivity index (χ4v) is 2.53. The lowest BCUT2D eigenvalue weighted by Crippen LogP contribution is -1.89. The molecule has 2 nitrogen and oxygen atoms in total. The van der Waals surface area contributed by atoms with Gasteiger partial charge in [-0.15, -0.1) is 0 Å². The first-order valence-electron chi connectivity index (χ1n) is 5.03. The first-order valence-corrected chi connectivity index (χ1v) is 6.99. The van der Waals surface area contributed by atoms with Gasteiger partial charge in [-0.25, -0.2) is 4.39 Å². The number of halogens is 4. The van der Waals surface area contributed by atoms with Crippen molar-refractivity contribution in [1.29, 1.82) is 5.26 Å². The van der Waals surface area contributed by atoms with E-state index in [0.29, 0.717) is 26.0 Å². The first-order chi connectivity index (χ1) is 9.01. The lowest BCUT2D eigenvalue weighted by atomic mass is 10.2. The van der Waals surface area contributed by atoms with Crippen molar-refractivity contribution >= 4 is 43.5 Å². The molecule has 6 heteroatoms. The topological polar surface area (TPSA) is 33.0 Å². The Bertz CT molecular complexity index is 685. The highest BCUT2D eigenvalue weighted by Gasteiger charge is 2.11. The molecule has 0 bridgehead atoms. The Labute approximate surface area is 131 Å². The van der Waals surface area contributed by atoms with Crippen molar-refractivity contribution in [1.82, 2.24) is 0 Å². The van der Waals surface area contributed by atoms with Crippen molar-refractivity contribution in [3.63, 3.8) is 0 Å². The zero-order valence-electron chi connectivity index (χ0n) is 9.25. The van der Waals surface area contributed by atoms with Gasteiger partial charge in [0, 0.05) is 6.07 Å². The molecule has 0 spiro atoms. The fourth-order valence-electron chi connectivity index (χ4n) is 1.35. The molecule has 96 valence electrons. The van der Waals surface area contributed by atoms with E-state index >= 15 is 0 Å². The van der Waals surface area contributed by atoms with Gasteiger partial charge < -0.3 is 4.74 Å². The summed E-state index contributed by atoms with van der Waals surface area (Å²) in [5.74, 6) is 0.207. The second-order valence-corrected chi connectivity index (χ2v) is 5.67. The van der Waals surface area contributed by atoms with E-state index in [1.807, 2.05) is 6.07 Å². The summed E-state index contributed by atoms with van der Waals surface area (Å²) in [6, 6.07) is 9.49. The zero-order valence-corrected chi connectivity index (χ0v) is 13.2. The number of ether oxygens (including phenoxy) is 1. The largest absolute Gasteiger partial charge is 0.455 e. The zero-order chi connectivity index (χ0) is 14.0. The third-order valence-electron chi connectivity index (χ3n) is 2.26. The van der Waals surface area contributed by atoms with E-state index in [9.17, 15) is 4.39 Å². The first kappa shape index (κ1) is 14.3. The Kier molecular flexibility index (Phi) is 4.46. The maximum absolute atomic E-state index is 13.4. The predicted molar refractivity (Wildman–Crippen MR) is 78.0 cm³/mol. The average Bonchev–Trinajstić information content (AvgIpc) is 2.38. The van der Waals surface area contributed by atoms with E-state index in [1.54, 1.807) is 18.2 Å². The second kappa shape index (κ2) is 5.91. The quantitative estimate of drug-likeness (QED) is 0.604. The molecule has 0 aliphatic heterocycles. The summed E-state index contributed by atoms with van der Waals surface area (Å²) in [5, 5.41) is 8.78. The second-order valence-electron chi connectivity index (χ2n) is 3.56. The van der Waals surface area contributed by atoms with Crippen molar-refractivity contribution < 1.29 is 9.13 Å². The smallest absolute Gasteiger partial charge is 0.145 e. The van der Waals surface area contributed by atoms with Crippen LogP contribution in [0.15, 0.2) is 39.3 Å². The van der Waals surface area contributed by atoms with Crippen LogP contribution in [-0.4, -0.2) is 0 Å². The molecule has 0 saturated heterocycles. The minimum atomic E-state index is -0.565. The van der Waals surface area contributed by atoms with Crippen LogP contribution in [0, 0.1) is 17.1 Å².